The fraction of sp³-hybridized carbons (Fsp3) is 0.500. The lowest BCUT2D eigenvalue weighted by atomic mass is 9.87. The molecule has 8 heteroatoms. The van der Waals surface area contributed by atoms with Crippen LogP contribution in [0.3, 0.4) is 0 Å². The standard InChI is InChI=1S/C30H44N6O2/c1-29(2,3)24-11-7-22(8-12-24)21-33-28-35-26(23-9-13-25(14-10-23)30(4,5)6)34-27(36-28)32-16-18-38-20-19-37-17-15-31/h7-14H,15-21,31H2,1-6H3,(H2,32,33,34,35,36). The fourth-order valence-corrected chi connectivity index (χ4v) is 3.73. The monoisotopic (exact) mass is 520 g/mol. The van der Waals surface area contributed by atoms with Gasteiger partial charge in [0.05, 0.1) is 26.4 Å². The van der Waals surface area contributed by atoms with Crippen molar-refractivity contribution in [2.75, 3.05) is 50.2 Å². The normalized spacial score (nSPS) is 12.0. The number of nitrogens with zero attached hydrogens (tertiary/aromatic N) is 3. The van der Waals surface area contributed by atoms with E-state index in [2.05, 4.69) is 111 Å². The van der Waals surface area contributed by atoms with E-state index in [9.17, 15) is 0 Å². The highest BCUT2D eigenvalue weighted by Gasteiger charge is 2.15. The summed E-state index contributed by atoms with van der Waals surface area (Å²) >= 11 is 0. The van der Waals surface area contributed by atoms with Crippen molar-refractivity contribution < 1.29 is 9.47 Å². The Morgan fingerprint density at radius 3 is 1.74 bits per heavy atom. The van der Waals surface area contributed by atoms with Crippen LogP contribution >= 0.6 is 0 Å². The lowest BCUT2D eigenvalue weighted by Gasteiger charge is -2.19. The van der Waals surface area contributed by atoms with Gasteiger partial charge in [0.15, 0.2) is 5.82 Å². The van der Waals surface area contributed by atoms with Gasteiger partial charge < -0.3 is 25.8 Å². The van der Waals surface area contributed by atoms with Crippen molar-refractivity contribution in [1.29, 1.82) is 0 Å². The summed E-state index contributed by atoms with van der Waals surface area (Å²) in [6.07, 6.45) is 0. The lowest BCUT2D eigenvalue weighted by molar-refractivity contribution is 0.0547. The van der Waals surface area contributed by atoms with Gasteiger partial charge in [0.2, 0.25) is 11.9 Å². The molecule has 0 aliphatic rings. The molecule has 1 aromatic heterocycles. The highest BCUT2D eigenvalue weighted by molar-refractivity contribution is 5.59. The Balaban J connectivity index is 1.71. The van der Waals surface area contributed by atoms with Crippen LogP contribution < -0.4 is 16.4 Å². The third-order valence-electron chi connectivity index (χ3n) is 6.08. The van der Waals surface area contributed by atoms with E-state index < -0.39 is 0 Å². The second-order valence-corrected chi connectivity index (χ2v) is 11.4. The van der Waals surface area contributed by atoms with Crippen LogP contribution in [0, 0.1) is 0 Å². The Bertz CT molecular complexity index is 1120. The first kappa shape index (κ1) is 29.5. The first-order valence-corrected chi connectivity index (χ1v) is 13.4. The summed E-state index contributed by atoms with van der Waals surface area (Å²) in [7, 11) is 0. The highest BCUT2D eigenvalue weighted by atomic mass is 16.5. The van der Waals surface area contributed by atoms with Gasteiger partial charge in [-0.2, -0.15) is 15.0 Å². The Morgan fingerprint density at radius 1 is 0.658 bits per heavy atom. The number of nitrogens with one attached hydrogen (secondary N) is 2. The summed E-state index contributed by atoms with van der Waals surface area (Å²) in [6, 6.07) is 17.1. The zero-order valence-corrected chi connectivity index (χ0v) is 23.8. The SMILES string of the molecule is CC(C)(C)c1ccc(CNc2nc(NCCOCCOCCN)nc(-c3ccc(C(C)(C)C)cc3)n2)cc1. The lowest BCUT2D eigenvalue weighted by Crippen LogP contribution is -2.16. The van der Waals surface area contributed by atoms with Crippen LogP contribution in [0.25, 0.3) is 11.4 Å². The van der Waals surface area contributed by atoms with Gasteiger partial charge in [0, 0.05) is 25.2 Å². The maximum Gasteiger partial charge on any atom is 0.228 e. The summed E-state index contributed by atoms with van der Waals surface area (Å²) < 4.78 is 10.9. The second-order valence-electron chi connectivity index (χ2n) is 11.4. The van der Waals surface area contributed by atoms with Crippen molar-refractivity contribution in [2.45, 2.75) is 58.9 Å². The minimum absolute atomic E-state index is 0.0783. The molecule has 0 aliphatic carbocycles. The molecule has 0 bridgehead atoms. The quantitative estimate of drug-likeness (QED) is 0.266. The molecular formula is C30H44N6O2. The van der Waals surface area contributed by atoms with Crippen LogP contribution in [0.15, 0.2) is 48.5 Å². The largest absolute Gasteiger partial charge is 0.378 e. The molecule has 0 saturated heterocycles. The second kappa shape index (κ2) is 13.6. The molecule has 3 rings (SSSR count). The number of nitrogens with two attached hydrogens (primary N) is 1. The molecular weight excluding hydrogens is 476 g/mol. The molecule has 0 spiro atoms. The van der Waals surface area contributed by atoms with E-state index in [0.717, 1.165) is 11.1 Å². The Labute approximate surface area is 227 Å². The Morgan fingerprint density at radius 2 is 1.18 bits per heavy atom. The van der Waals surface area contributed by atoms with Gasteiger partial charge in [0.1, 0.15) is 0 Å². The topological polar surface area (TPSA) is 107 Å². The average molecular weight is 521 g/mol. The van der Waals surface area contributed by atoms with Gasteiger partial charge in [0.25, 0.3) is 0 Å². The molecule has 1 heterocycles. The number of rotatable bonds is 13. The van der Waals surface area contributed by atoms with Gasteiger partial charge >= 0.3 is 0 Å². The number of benzene rings is 2. The van der Waals surface area contributed by atoms with Gasteiger partial charge in [-0.3, -0.25) is 0 Å². The minimum Gasteiger partial charge on any atom is -0.378 e. The van der Waals surface area contributed by atoms with Crippen molar-refractivity contribution in [2.24, 2.45) is 5.73 Å². The maximum absolute atomic E-state index is 5.62. The van der Waals surface area contributed by atoms with Crippen molar-refractivity contribution in [1.82, 2.24) is 15.0 Å². The third-order valence-corrected chi connectivity index (χ3v) is 6.08. The first-order valence-electron chi connectivity index (χ1n) is 13.4. The number of ether oxygens (including phenoxy) is 2. The molecule has 3 aromatic rings. The highest BCUT2D eigenvalue weighted by Crippen LogP contribution is 2.26. The Kier molecular flexibility index (Phi) is 10.6. The Hall–Kier alpha value is -3.07. The van der Waals surface area contributed by atoms with E-state index in [1.54, 1.807) is 0 Å². The number of anilines is 2. The first-order chi connectivity index (χ1) is 18.1. The molecule has 0 fully saturated rings. The molecule has 206 valence electrons. The fourth-order valence-electron chi connectivity index (χ4n) is 3.73. The van der Waals surface area contributed by atoms with Crippen LogP contribution in [0.2, 0.25) is 0 Å². The molecule has 0 aliphatic heterocycles. The van der Waals surface area contributed by atoms with E-state index >= 15 is 0 Å². The molecule has 38 heavy (non-hydrogen) atoms. The molecule has 0 atom stereocenters. The van der Waals surface area contributed by atoms with E-state index in [1.807, 2.05) is 0 Å². The van der Waals surface area contributed by atoms with Crippen molar-refractivity contribution in [3.05, 3.63) is 65.2 Å². The number of hydrogen-bond donors (Lipinski definition) is 3. The maximum atomic E-state index is 5.62. The van der Waals surface area contributed by atoms with Crippen LogP contribution in [-0.4, -0.2) is 54.5 Å². The summed E-state index contributed by atoms with van der Waals surface area (Å²) in [5.41, 5.74) is 10.3. The third kappa shape index (κ3) is 9.35. The van der Waals surface area contributed by atoms with E-state index in [-0.39, 0.29) is 10.8 Å². The van der Waals surface area contributed by atoms with Crippen LogP contribution in [0.5, 0.6) is 0 Å². The molecule has 0 saturated carbocycles. The molecule has 0 amide bonds. The summed E-state index contributed by atoms with van der Waals surface area (Å²) in [5, 5.41) is 6.64. The van der Waals surface area contributed by atoms with Crippen LogP contribution in [-0.2, 0) is 26.8 Å². The van der Waals surface area contributed by atoms with E-state index in [0.29, 0.717) is 63.8 Å². The van der Waals surface area contributed by atoms with Gasteiger partial charge in [-0.15, -0.1) is 0 Å². The average Bonchev–Trinajstić information content (AvgIpc) is 2.88. The van der Waals surface area contributed by atoms with Crippen molar-refractivity contribution in [3.63, 3.8) is 0 Å². The van der Waals surface area contributed by atoms with Gasteiger partial charge in [-0.1, -0.05) is 90.1 Å². The minimum atomic E-state index is 0.0783. The van der Waals surface area contributed by atoms with Gasteiger partial charge in [-0.25, -0.2) is 0 Å². The van der Waals surface area contributed by atoms with Crippen molar-refractivity contribution >= 4 is 11.9 Å². The van der Waals surface area contributed by atoms with Crippen LogP contribution in [0.1, 0.15) is 58.2 Å². The zero-order chi connectivity index (χ0) is 27.6. The summed E-state index contributed by atoms with van der Waals surface area (Å²) in [4.78, 5) is 14.0. The molecule has 2 aromatic carbocycles. The van der Waals surface area contributed by atoms with E-state index in [4.69, 9.17) is 20.2 Å². The van der Waals surface area contributed by atoms with Crippen LogP contribution in [0.4, 0.5) is 11.9 Å². The molecule has 8 nitrogen and oxygen atoms in total. The zero-order valence-electron chi connectivity index (χ0n) is 23.8. The predicted octanol–water partition coefficient (Wildman–Crippen LogP) is 5.15. The number of aromatic nitrogens is 3. The summed E-state index contributed by atoms with van der Waals surface area (Å²) in [6.45, 7) is 17.1. The predicted molar refractivity (Wildman–Crippen MR) is 156 cm³/mol. The molecule has 4 N–H and O–H groups in total. The number of hydrogen-bond acceptors (Lipinski definition) is 8. The summed E-state index contributed by atoms with van der Waals surface area (Å²) in [5.74, 6) is 1.64. The smallest absolute Gasteiger partial charge is 0.228 e. The molecule has 0 radical (unpaired) electrons. The molecule has 0 unspecified atom stereocenters. The van der Waals surface area contributed by atoms with Crippen molar-refractivity contribution in [3.8, 4) is 11.4 Å². The van der Waals surface area contributed by atoms with E-state index in [1.165, 1.54) is 11.1 Å². The van der Waals surface area contributed by atoms with Gasteiger partial charge in [-0.05, 0) is 27.5 Å².